The van der Waals surface area contributed by atoms with Crippen molar-refractivity contribution in [3.8, 4) is 0 Å². The van der Waals surface area contributed by atoms with Crippen molar-refractivity contribution in [1.29, 1.82) is 0 Å². The van der Waals surface area contributed by atoms with Crippen molar-refractivity contribution in [1.82, 2.24) is 5.32 Å². The normalized spacial score (nSPS) is 12.5. The van der Waals surface area contributed by atoms with Crippen molar-refractivity contribution in [2.75, 3.05) is 13.2 Å². The second kappa shape index (κ2) is 54.5. The molecule has 0 saturated carbocycles. The summed E-state index contributed by atoms with van der Waals surface area (Å²) in [6.07, 6.45) is 62.3. The SMILES string of the molecule is CCCCCCCCCCCCCCCCCCCCCC(=O)OCCCCCCCCCCCCC(=O)NC(CO)C(O)CCCCCCCCCCCCCCCCCCCC. The smallest absolute Gasteiger partial charge is 0.305 e. The van der Waals surface area contributed by atoms with Gasteiger partial charge in [0.1, 0.15) is 0 Å². The van der Waals surface area contributed by atoms with Crippen LogP contribution in [0.4, 0.5) is 0 Å². The minimum absolute atomic E-state index is 0.0127. The van der Waals surface area contributed by atoms with Crippen molar-refractivity contribution in [3.05, 3.63) is 0 Å². The lowest BCUT2D eigenvalue weighted by Crippen LogP contribution is -2.45. The second-order valence-electron chi connectivity index (χ2n) is 20.3. The molecule has 0 spiro atoms. The van der Waals surface area contributed by atoms with Gasteiger partial charge in [-0.25, -0.2) is 0 Å². The minimum atomic E-state index is -0.678. The van der Waals surface area contributed by atoms with Gasteiger partial charge in [-0.05, 0) is 25.7 Å². The molecule has 0 aliphatic heterocycles. The number of hydrogen-bond acceptors (Lipinski definition) is 5. The van der Waals surface area contributed by atoms with Crippen LogP contribution in [-0.2, 0) is 14.3 Å². The van der Waals surface area contributed by atoms with Gasteiger partial charge in [0.25, 0.3) is 0 Å². The number of aliphatic hydroxyl groups is 2. The number of esters is 1. The fourth-order valence-electron chi connectivity index (χ4n) is 9.41. The van der Waals surface area contributed by atoms with E-state index < -0.39 is 12.1 Å². The Morgan fingerprint density at radius 1 is 0.375 bits per heavy atom. The van der Waals surface area contributed by atoms with Gasteiger partial charge in [0.15, 0.2) is 0 Å². The van der Waals surface area contributed by atoms with Crippen LogP contribution in [0.5, 0.6) is 0 Å². The Morgan fingerprint density at radius 3 is 0.953 bits per heavy atom. The summed E-state index contributed by atoms with van der Waals surface area (Å²) in [4.78, 5) is 24.6. The number of nitrogens with one attached hydrogen (secondary N) is 1. The summed E-state index contributed by atoms with van der Waals surface area (Å²) in [7, 11) is 0. The summed E-state index contributed by atoms with van der Waals surface area (Å²) in [5, 5.41) is 23.3. The number of rotatable bonds is 55. The van der Waals surface area contributed by atoms with Crippen LogP contribution in [0.2, 0.25) is 0 Å². The number of carbonyl (C=O) groups excluding carboxylic acids is 2. The maximum atomic E-state index is 12.5. The fraction of sp³-hybridized carbons (Fsp3) is 0.966. The van der Waals surface area contributed by atoms with Gasteiger partial charge < -0.3 is 20.3 Å². The van der Waals surface area contributed by atoms with Crippen LogP contribution >= 0.6 is 0 Å². The second-order valence-corrected chi connectivity index (χ2v) is 20.3. The van der Waals surface area contributed by atoms with Gasteiger partial charge >= 0.3 is 5.97 Å². The molecule has 2 unspecified atom stereocenters. The van der Waals surface area contributed by atoms with E-state index in [1.807, 2.05) is 0 Å². The first-order valence-corrected chi connectivity index (χ1v) is 29.3. The van der Waals surface area contributed by atoms with E-state index in [9.17, 15) is 19.8 Å². The van der Waals surface area contributed by atoms with Crippen LogP contribution in [-0.4, -0.2) is 47.4 Å². The number of aliphatic hydroxyl groups excluding tert-OH is 2. The summed E-state index contributed by atoms with van der Waals surface area (Å²) < 4.78 is 5.48. The van der Waals surface area contributed by atoms with E-state index in [0.717, 1.165) is 57.8 Å². The number of carbonyl (C=O) groups is 2. The van der Waals surface area contributed by atoms with Crippen LogP contribution < -0.4 is 5.32 Å². The minimum Gasteiger partial charge on any atom is -0.466 e. The molecule has 0 heterocycles. The molecule has 382 valence electrons. The van der Waals surface area contributed by atoms with Crippen LogP contribution in [0, 0.1) is 0 Å². The van der Waals surface area contributed by atoms with E-state index in [0.29, 0.717) is 25.9 Å². The average Bonchev–Trinajstić information content (AvgIpc) is 3.29. The van der Waals surface area contributed by atoms with Gasteiger partial charge in [0, 0.05) is 12.8 Å². The molecule has 0 fully saturated rings. The first-order valence-electron chi connectivity index (χ1n) is 29.3. The summed E-state index contributed by atoms with van der Waals surface area (Å²) in [5.74, 6) is -0.0661. The summed E-state index contributed by atoms with van der Waals surface area (Å²) in [5.41, 5.74) is 0. The van der Waals surface area contributed by atoms with Crippen LogP contribution in [0.25, 0.3) is 0 Å². The fourth-order valence-corrected chi connectivity index (χ4v) is 9.41. The Hall–Kier alpha value is -1.14. The molecule has 0 aliphatic rings. The first kappa shape index (κ1) is 62.9. The lowest BCUT2D eigenvalue weighted by molar-refractivity contribution is -0.143. The molecule has 64 heavy (non-hydrogen) atoms. The van der Waals surface area contributed by atoms with Gasteiger partial charge in [0.2, 0.25) is 5.91 Å². The molecule has 0 aromatic rings. The highest BCUT2D eigenvalue weighted by Crippen LogP contribution is 2.18. The molecule has 0 saturated heterocycles. The Morgan fingerprint density at radius 2 is 0.641 bits per heavy atom. The summed E-state index contributed by atoms with van der Waals surface area (Å²) in [6, 6.07) is -0.557. The zero-order valence-corrected chi connectivity index (χ0v) is 43.5. The lowest BCUT2D eigenvalue weighted by Gasteiger charge is -2.22. The van der Waals surface area contributed by atoms with E-state index in [1.165, 1.54) is 244 Å². The summed E-state index contributed by atoms with van der Waals surface area (Å²) >= 11 is 0. The molecule has 0 aliphatic carbocycles. The molecule has 2 atom stereocenters. The van der Waals surface area contributed by atoms with Gasteiger partial charge in [-0.2, -0.15) is 0 Å². The van der Waals surface area contributed by atoms with Crippen molar-refractivity contribution < 1.29 is 24.5 Å². The van der Waals surface area contributed by atoms with E-state index in [1.54, 1.807) is 0 Å². The summed E-state index contributed by atoms with van der Waals surface area (Å²) in [6.45, 7) is 4.94. The van der Waals surface area contributed by atoms with Crippen molar-refractivity contribution >= 4 is 11.9 Å². The third-order valence-electron chi connectivity index (χ3n) is 13.9. The van der Waals surface area contributed by atoms with Crippen LogP contribution in [0.1, 0.15) is 335 Å². The van der Waals surface area contributed by atoms with Crippen molar-refractivity contribution in [2.24, 2.45) is 0 Å². The maximum absolute atomic E-state index is 12.5. The molecule has 0 bridgehead atoms. The molecule has 1 amide bonds. The Kier molecular flexibility index (Phi) is 53.5. The molecular formula is C58H115NO5. The first-order chi connectivity index (χ1) is 31.5. The van der Waals surface area contributed by atoms with E-state index in [4.69, 9.17) is 4.74 Å². The predicted molar refractivity (Wildman–Crippen MR) is 278 cm³/mol. The van der Waals surface area contributed by atoms with Gasteiger partial charge in [-0.1, -0.05) is 296 Å². The number of ether oxygens (including phenoxy) is 1. The van der Waals surface area contributed by atoms with E-state index >= 15 is 0 Å². The number of hydrogen-bond donors (Lipinski definition) is 3. The molecule has 6 heteroatoms. The highest BCUT2D eigenvalue weighted by Gasteiger charge is 2.20. The molecular weight excluding hydrogens is 791 g/mol. The molecule has 3 N–H and O–H groups in total. The lowest BCUT2D eigenvalue weighted by atomic mass is 10.0. The number of amides is 1. The maximum Gasteiger partial charge on any atom is 0.305 e. The average molecular weight is 907 g/mol. The molecule has 0 aromatic carbocycles. The third kappa shape index (κ3) is 50.3. The predicted octanol–water partition coefficient (Wildman–Crippen LogP) is 17.9. The molecule has 0 radical (unpaired) electrons. The standard InChI is InChI=1S/C58H115NO5/c1-3-5-7-9-11-13-15-17-19-21-23-25-27-29-31-36-40-44-48-52-58(63)64-53-49-45-41-37-33-32-35-39-43-47-51-57(62)59-55(54-60)56(61)50-46-42-38-34-30-28-26-24-22-20-18-16-14-12-10-8-6-4-2/h55-56,60-61H,3-54H2,1-2H3,(H,59,62). The van der Waals surface area contributed by atoms with E-state index in [-0.39, 0.29) is 18.5 Å². The van der Waals surface area contributed by atoms with Crippen LogP contribution in [0.15, 0.2) is 0 Å². The molecule has 0 aromatic heterocycles. The monoisotopic (exact) mass is 906 g/mol. The van der Waals surface area contributed by atoms with Crippen LogP contribution in [0.3, 0.4) is 0 Å². The third-order valence-corrected chi connectivity index (χ3v) is 13.9. The van der Waals surface area contributed by atoms with Crippen molar-refractivity contribution in [3.63, 3.8) is 0 Å². The molecule has 6 nitrogen and oxygen atoms in total. The highest BCUT2D eigenvalue weighted by atomic mass is 16.5. The largest absolute Gasteiger partial charge is 0.466 e. The zero-order chi connectivity index (χ0) is 46.5. The zero-order valence-electron chi connectivity index (χ0n) is 43.5. The topological polar surface area (TPSA) is 95.9 Å². The van der Waals surface area contributed by atoms with Gasteiger partial charge in [-0.3, -0.25) is 9.59 Å². The number of unbranched alkanes of at least 4 members (excludes halogenated alkanes) is 44. The quantitative estimate of drug-likeness (QED) is 0.0417. The van der Waals surface area contributed by atoms with Crippen molar-refractivity contribution in [2.45, 2.75) is 347 Å². The van der Waals surface area contributed by atoms with Gasteiger partial charge in [-0.15, -0.1) is 0 Å². The van der Waals surface area contributed by atoms with E-state index in [2.05, 4.69) is 19.2 Å². The molecule has 0 rings (SSSR count). The highest BCUT2D eigenvalue weighted by molar-refractivity contribution is 5.76. The Labute approximate surface area is 400 Å². The Balaban J connectivity index is 3.43. The Bertz CT molecular complexity index is 913. The van der Waals surface area contributed by atoms with Gasteiger partial charge in [0.05, 0.1) is 25.4 Å².